The van der Waals surface area contributed by atoms with Crippen LogP contribution < -0.4 is 10.1 Å². The fourth-order valence-electron chi connectivity index (χ4n) is 5.00. The number of likely N-dealkylation sites (N-methyl/N-ethyl adjacent to an activating group) is 1. The standard InChI is InChI=1S/C29H39N3O7S/c1-19-8-10-23(11-9-19)40(36,37)31(4)17-26-20(2)16-32(21(3)18-33)29(35)24-6-5-7-25(27(24)39-26)30-28(34)22-12-14-38-15-13-22/h5-11,20-22,26,33H,12-18H2,1-4H3,(H,30,34)/t20-,21+,26-/m0/s1. The van der Waals surface area contributed by atoms with Crippen LogP contribution in [0.1, 0.15) is 42.6 Å². The molecule has 0 aliphatic carbocycles. The number of anilines is 1. The van der Waals surface area contributed by atoms with Crippen LogP contribution >= 0.6 is 0 Å². The first-order chi connectivity index (χ1) is 19.0. The fraction of sp³-hybridized carbons (Fsp3) is 0.517. The maximum atomic E-state index is 13.7. The molecule has 2 aromatic rings. The number of hydrogen-bond acceptors (Lipinski definition) is 7. The van der Waals surface area contributed by atoms with E-state index in [4.69, 9.17) is 9.47 Å². The molecular weight excluding hydrogens is 534 g/mol. The summed E-state index contributed by atoms with van der Waals surface area (Å²) in [4.78, 5) is 28.5. The van der Waals surface area contributed by atoms with Gasteiger partial charge in [-0.3, -0.25) is 9.59 Å². The molecule has 0 spiro atoms. The summed E-state index contributed by atoms with van der Waals surface area (Å²) in [6, 6.07) is 11.2. The monoisotopic (exact) mass is 573 g/mol. The first-order valence-corrected chi connectivity index (χ1v) is 15.1. The summed E-state index contributed by atoms with van der Waals surface area (Å²) in [7, 11) is -2.31. The van der Waals surface area contributed by atoms with Crippen molar-refractivity contribution in [3.05, 3.63) is 53.6 Å². The van der Waals surface area contributed by atoms with Crippen molar-refractivity contribution >= 4 is 27.5 Å². The van der Waals surface area contributed by atoms with Gasteiger partial charge in [0, 0.05) is 38.6 Å². The van der Waals surface area contributed by atoms with Crippen molar-refractivity contribution in [3.8, 4) is 5.75 Å². The Morgan fingerprint density at radius 3 is 2.50 bits per heavy atom. The first-order valence-electron chi connectivity index (χ1n) is 13.7. The molecule has 2 aliphatic heterocycles. The van der Waals surface area contributed by atoms with Crippen molar-refractivity contribution in [3.63, 3.8) is 0 Å². The number of rotatable bonds is 8. The SMILES string of the molecule is Cc1ccc(S(=O)(=O)N(C)C[C@@H]2Oc3c(NC(=O)C4CCOCC4)cccc3C(=O)N([C@H](C)CO)C[C@@H]2C)cc1. The summed E-state index contributed by atoms with van der Waals surface area (Å²) in [5, 5.41) is 12.8. The van der Waals surface area contributed by atoms with E-state index in [9.17, 15) is 23.1 Å². The minimum Gasteiger partial charge on any atom is -0.486 e. The molecule has 3 atom stereocenters. The van der Waals surface area contributed by atoms with Gasteiger partial charge in [0.2, 0.25) is 15.9 Å². The number of fused-ring (bicyclic) bond motifs is 1. The second-order valence-electron chi connectivity index (χ2n) is 10.8. The summed E-state index contributed by atoms with van der Waals surface area (Å²) >= 11 is 0. The van der Waals surface area contributed by atoms with E-state index in [1.807, 2.05) is 13.8 Å². The van der Waals surface area contributed by atoms with Gasteiger partial charge in [-0.1, -0.05) is 30.7 Å². The van der Waals surface area contributed by atoms with Crippen molar-refractivity contribution in [2.24, 2.45) is 11.8 Å². The summed E-state index contributed by atoms with van der Waals surface area (Å²) in [5.41, 5.74) is 1.54. The van der Waals surface area contributed by atoms with E-state index < -0.39 is 22.2 Å². The predicted octanol–water partition coefficient (Wildman–Crippen LogP) is 2.90. The van der Waals surface area contributed by atoms with Crippen LogP contribution in [-0.4, -0.2) is 86.6 Å². The number of carbonyl (C=O) groups excluding carboxylic acids is 2. The smallest absolute Gasteiger partial charge is 0.258 e. The number of nitrogens with one attached hydrogen (secondary N) is 1. The van der Waals surface area contributed by atoms with Crippen LogP contribution in [0.4, 0.5) is 5.69 Å². The maximum Gasteiger partial charge on any atom is 0.258 e. The summed E-state index contributed by atoms with van der Waals surface area (Å²) in [6.07, 6.45) is 0.541. The van der Waals surface area contributed by atoms with E-state index in [1.54, 1.807) is 54.3 Å². The molecule has 2 aromatic carbocycles. The lowest BCUT2D eigenvalue weighted by atomic mass is 9.98. The maximum absolute atomic E-state index is 13.7. The minimum atomic E-state index is -3.81. The number of amides is 2. The molecule has 2 N–H and O–H groups in total. The third-order valence-electron chi connectivity index (χ3n) is 7.71. The van der Waals surface area contributed by atoms with Gasteiger partial charge in [-0.25, -0.2) is 8.42 Å². The Morgan fingerprint density at radius 2 is 1.85 bits per heavy atom. The highest BCUT2D eigenvalue weighted by molar-refractivity contribution is 7.89. The van der Waals surface area contributed by atoms with Gasteiger partial charge in [0.25, 0.3) is 5.91 Å². The average molecular weight is 574 g/mol. The van der Waals surface area contributed by atoms with Gasteiger partial charge in [-0.2, -0.15) is 4.31 Å². The van der Waals surface area contributed by atoms with Gasteiger partial charge >= 0.3 is 0 Å². The Bertz CT molecular complexity index is 1310. The van der Waals surface area contributed by atoms with Gasteiger partial charge < -0.3 is 24.8 Å². The van der Waals surface area contributed by atoms with Crippen LogP contribution in [0, 0.1) is 18.8 Å². The van der Waals surface area contributed by atoms with Crippen molar-refractivity contribution in [2.45, 2.75) is 50.7 Å². The quantitative estimate of drug-likeness (QED) is 0.498. The number of para-hydroxylation sites is 1. The second kappa shape index (κ2) is 12.7. The highest BCUT2D eigenvalue weighted by Crippen LogP contribution is 2.36. The van der Waals surface area contributed by atoms with Gasteiger partial charge in [0.15, 0.2) is 5.75 Å². The number of nitrogens with zero attached hydrogens (tertiary/aromatic N) is 2. The molecule has 218 valence electrons. The predicted molar refractivity (Wildman–Crippen MR) is 151 cm³/mol. The van der Waals surface area contributed by atoms with Crippen molar-refractivity contribution in [1.29, 1.82) is 0 Å². The van der Waals surface area contributed by atoms with Crippen LogP contribution in [0.15, 0.2) is 47.4 Å². The lowest BCUT2D eigenvalue weighted by molar-refractivity contribution is -0.122. The normalized spacial score (nSPS) is 21.2. The lowest BCUT2D eigenvalue weighted by Gasteiger charge is -2.38. The molecule has 0 bridgehead atoms. The molecule has 4 rings (SSSR count). The van der Waals surface area contributed by atoms with Crippen LogP contribution in [0.3, 0.4) is 0 Å². The van der Waals surface area contributed by atoms with Gasteiger partial charge in [0.05, 0.1) is 35.3 Å². The minimum absolute atomic E-state index is 0.00853. The van der Waals surface area contributed by atoms with E-state index in [2.05, 4.69) is 5.32 Å². The van der Waals surface area contributed by atoms with Gasteiger partial charge in [0.1, 0.15) is 6.10 Å². The fourth-order valence-corrected chi connectivity index (χ4v) is 6.18. The molecular formula is C29H39N3O7S. The third kappa shape index (κ3) is 6.49. The third-order valence-corrected chi connectivity index (χ3v) is 9.54. The topological polar surface area (TPSA) is 125 Å². The summed E-state index contributed by atoms with van der Waals surface area (Å²) in [5.74, 6) is -0.842. The van der Waals surface area contributed by atoms with Crippen LogP contribution in [0.5, 0.6) is 5.75 Å². The Hall–Kier alpha value is -2.99. The highest BCUT2D eigenvalue weighted by atomic mass is 32.2. The Labute approximate surface area is 236 Å². The number of aliphatic hydroxyl groups excluding tert-OH is 1. The van der Waals surface area contributed by atoms with Crippen LogP contribution in [0.25, 0.3) is 0 Å². The number of hydrogen-bond donors (Lipinski definition) is 2. The molecule has 2 heterocycles. The first kappa shape index (κ1) is 30.0. The molecule has 11 heteroatoms. The van der Waals surface area contributed by atoms with Gasteiger partial charge in [-0.05, 0) is 51.0 Å². The molecule has 0 aromatic heterocycles. The van der Waals surface area contributed by atoms with Crippen LogP contribution in [0.2, 0.25) is 0 Å². The molecule has 0 saturated carbocycles. The zero-order valence-corrected chi connectivity index (χ0v) is 24.3. The highest BCUT2D eigenvalue weighted by Gasteiger charge is 2.36. The molecule has 1 saturated heterocycles. The van der Waals surface area contributed by atoms with Crippen LogP contribution in [-0.2, 0) is 19.6 Å². The number of benzene rings is 2. The Balaban J connectivity index is 1.69. The van der Waals surface area contributed by atoms with Gasteiger partial charge in [-0.15, -0.1) is 0 Å². The van der Waals surface area contributed by atoms with Crippen molar-refractivity contribution in [1.82, 2.24) is 9.21 Å². The zero-order valence-electron chi connectivity index (χ0n) is 23.5. The molecule has 0 radical (unpaired) electrons. The van der Waals surface area contributed by atoms with E-state index in [1.165, 1.54) is 11.4 Å². The number of aryl methyl sites for hydroxylation is 1. The molecule has 1 fully saturated rings. The van der Waals surface area contributed by atoms with Crippen molar-refractivity contribution < 1.29 is 32.6 Å². The van der Waals surface area contributed by atoms with Crippen molar-refractivity contribution in [2.75, 3.05) is 45.3 Å². The number of aliphatic hydroxyl groups is 1. The number of sulfonamides is 1. The average Bonchev–Trinajstić information content (AvgIpc) is 2.95. The molecule has 10 nitrogen and oxygen atoms in total. The molecule has 40 heavy (non-hydrogen) atoms. The van der Waals surface area contributed by atoms with E-state index in [0.29, 0.717) is 31.7 Å². The summed E-state index contributed by atoms with van der Waals surface area (Å²) < 4.78 is 39.9. The van der Waals surface area contributed by atoms with E-state index in [0.717, 1.165) is 5.56 Å². The van der Waals surface area contributed by atoms with E-state index in [-0.39, 0.29) is 59.6 Å². The number of carbonyl (C=O) groups is 2. The molecule has 2 amide bonds. The number of ether oxygens (including phenoxy) is 2. The largest absolute Gasteiger partial charge is 0.486 e. The Morgan fingerprint density at radius 1 is 1.18 bits per heavy atom. The second-order valence-corrected chi connectivity index (χ2v) is 12.8. The summed E-state index contributed by atoms with van der Waals surface area (Å²) in [6.45, 7) is 6.57. The Kier molecular flexibility index (Phi) is 9.50. The molecule has 0 unspecified atom stereocenters. The van der Waals surface area contributed by atoms with E-state index >= 15 is 0 Å². The molecule has 2 aliphatic rings. The zero-order chi connectivity index (χ0) is 29.0. The lowest BCUT2D eigenvalue weighted by Crippen LogP contribution is -2.50.